The fourth-order valence-electron chi connectivity index (χ4n) is 1.86. The minimum absolute atomic E-state index is 0.628. The van der Waals surface area contributed by atoms with Crippen LogP contribution in [0.4, 0.5) is 5.69 Å². The summed E-state index contributed by atoms with van der Waals surface area (Å²) in [4.78, 5) is 0. The molecule has 15 heavy (non-hydrogen) atoms. The summed E-state index contributed by atoms with van der Waals surface area (Å²) in [6.07, 6.45) is 2.62. The molecule has 0 saturated carbocycles. The highest BCUT2D eigenvalue weighted by molar-refractivity contribution is 7.99. The first-order valence-corrected chi connectivity index (χ1v) is 6.89. The number of halogens is 1. The third kappa shape index (κ3) is 3.05. The molecule has 1 aliphatic heterocycles. The molecule has 0 amide bonds. The van der Waals surface area contributed by atoms with Gasteiger partial charge < -0.3 is 5.32 Å². The topological polar surface area (TPSA) is 12.0 Å². The molecular formula is C12H16ClNS. The first-order chi connectivity index (χ1) is 7.25. The Morgan fingerprint density at radius 3 is 3.00 bits per heavy atom. The Hall–Kier alpha value is -0.340. The van der Waals surface area contributed by atoms with E-state index in [4.69, 9.17) is 11.6 Å². The van der Waals surface area contributed by atoms with Crippen LogP contribution in [0.25, 0.3) is 0 Å². The summed E-state index contributed by atoms with van der Waals surface area (Å²) < 4.78 is 0. The highest BCUT2D eigenvalue weighted by Crippen LogP contribution is 2.24. The van der Waals surface area contributed by atoms with Gasteiger partial charge in [-0.3, -0.25) is 0 Å². The van der Waals surface area contributed by atoms with E-state index in [9.17, 15) is 0 Å². The normalized spacial score (nSPS) is 21.3. The van der Waals surface area contributed by atoms with Crippen LogP contribution in [-0.4, -0.2) is 17.5 Å². The molecule has 1 fully saturated rings. The van der Waals surface area contributed by atoms with E-state index >= 15 is 0 Å². The van der Waals surface area contributed by atoms with Crippen LogP contribution in [0.1, 0.15) is 18.4 Å². The van der Waals surface area contributed by atoms with Crippen LogP contribution in [0.15, 0.2) is 18.2 Å². The van der Waals surface area contributed by atoms with Crippen molar-refractivity contribution >= 4 is 29.1 Å². The Kier molecular flexibility index (Phi) is 3.81. The van der Waals surface area contributed by atoms with Gasteiger partial charge in [0.05, 0.1) is 0 Å². The van der Waals surface area contributed by atoms with E-state index in [1.165, 1.54) is 35.6 Å². The van der Waals surface area contributed by atoms with E-state index in [1.54, 1.807) is 0 Å². The molecular weight excluding hydrogens is 226 g/mol. The zero-order chi connectivity index (χ0) is 10.7. The molecule has 3 heteroatoms. The van der Waals surface area contributed by atoms with Gasteiger partial charge in [0.2, 0.25) is 0 Å². The molecule has 82 valence electrons. The SMILES string of the molecule is Cc1cc(Cl)ccc1N[C@@H]1CCCSC1. The largest absolute Gasteiger partial charge is 0.381 e. The molecule has 2 rings (SSSR count). The van der Waals surface area contributed by atoms with Gasteiger partial charge in [-0.2, -0.15) is 11.8 Å². The Labute approximate surface area is 101 Å². The fourth-order valence-corrected chi connectivity index (χ4v) is 3.16. The highest BCUT2D eigenvalue weighted by atomic mass is 35.5. The Morgan fingerprint density at radius 1 is 1.47 bits per heavy atom. The van der Waals surface area contributed by atoms with Crippen molar-refractivity contribution < 1.29 is 0 Å². The van der Waals surface area contributed by atoms with Crippen molar-refractivity contribution in [3.05, 3.63) is 28.8 Å². The molecule has 1 aromatic rings. The third-order valence-electron chi connectivity index (χ3n) is 2.71. The molecule has 1 nitrogen and oxygen atoms in total. The summed E-state index contributed by atoms with van der Waals surface area (Å²) >= 11 is 7.97. The van der Waals surface area contributed by atoms with E-state index in [2.05, 4.69) is 18.3 Å². The van der Waals surface area contributed by atoms with Crippen LogP contribution in [0.5, 0.6) is 0 Å². The van der Waals surface area contributed by atoms with Crippen molar-refractivity contribution in [2.75, 3.05) is 16.8 Å². The van der Waals surface area contributed by atoms with Crippen molar-refractivity contribution in [3.63, 3.8) is 0 Å². The standard InChI is InChI=1S/C12H16ClNS/c1-9-7-10(13)4-5-12(9)14-11-3-2-6-15-8-11/h4-5,7,11,14H,2-3,6,8H2,1H3/t11-/m1/s1. The number of hydrogen-bond acceptors (Lipinski definition) is 2. The zero-order valence-electron chi connectivity index (χ0n) is 8.92. The van der Waals surface area contributed by atoms with Gasteiger partial charge in [0, 0.05) is 22.5 Å². The molecule has 1 atom stereocenters. The maximum atomic E-state index is 5.93. The summed E-state index contributed by atoms with van der Waals surface area (Å²) in [5.41, 5.74) is 2.46. The first kappa shape index (κ1) is 11.2. The lowest BCUT2D eigenvalue weighted by molar-refractivity contribution is 0.684. The van der Waals surface area contributed by atoms with Crippen molar-refractivity contribution in [2.45, 2.75) is 25.8 Å². The van der Waals surface area contributed by atoms with E-state index in [0.29, 0.717) is 6.04 Å². The minimum Gasteiger partial charge on any atom is -0.381 e. The van der Waals surface area contributed by atoms with Crippen LogP contribution in [0, 0.1) is 6.92 Å². The second-order valence-corrected chi connectivity index (χ2v) is 5.60. The number of nitrogens with one attached hydrogen (secondary N) is 1. The predicted molar refractivity (Wildman–Crippen MR) is 70.2 cm³/mol. The summed E-state index contributed by atoms with van der Waals surface area (Å²) in [7, 11) is 0. The van der Waals surface area contributed by atoms with Crippen LogP contribution in [0.3, 0.4) is 0 Å². The Balaban J connectivity index is 2.03. The smallest absolute Gasteiger partial charge is 0.0410 e. The van der Waals surface area contributed by atoms with E-state index in [1.807, 2.05) is 23.9 Å². The monoisotopic (exact) mass is 241 g/mol. The predicted octanol–water partition coefficient (Wildman–Crippen LogP) is 3.96. The molecule has 0 spiro atoms. The van der Waals surface area contributed by atoms with Gasteiger partial charge in [0.25, 0.3) is 0 Å². The van der Waals surface area contributed by atoms with Crippen molar-refractivity contribution in [1.29, 1.82) is 0 Å². The molecule has 1 aliphatic rings. The van der Waals surface area contributed by atoms with E-state index in [0.717, 1.165) is 5.02 Å². The Morgan fingerprint density at radius 2 is 2.33 bits per heavy atom. The average Bonchev–Trinajstić information content (AvgIpc) is 2.24. The lowest BCUT2D eigenvalue weighted by atomic mass is 10.1. The molecule has 0 aromatic heterocycles. The molecule has 1 heterocycles. The molecule has 1 saturated heterocycles. The average molecular weight is 242 g/mol. The molecule has 0 radical (unpaired) electrons. The number of hydrogen-bond donors (Lipinski definition) is 1. The summed E-state index contributed by atoms with van der Waals surface area (Å²) in [5.74, 6) is 2.54. The summed E-state index contributed by atoms with van der Waals surface area (Å²) in [5, 5.41) is 4.41. The van der Waals surface area contributed by atoms with Gasteiger partial charge in [-0.1, -0.05) is 11.6 Å². The lowest BCUT2D eigenvalue weighted by Gasteiger charge is -2.24. The van der Waals surface area contributed by atoms with Crippen molar-refractivity contribution in [3.8, 4) is 0 Å². The van der Waals surface area contributed by atoms with Gasteiger partial charge in [-0.15, -0.1) is 0 Å². The van der Waals surface area contributed by atoms with Crippen LogP contribution in [-0.2, 0) is 0 Å². The third-order valence-corrected chi connectivity index (χ3v) is 4.16. The molecule has 1 N–H and O–H groups in total. The van der Waals surface area contributed by atoms with E-state index < -0.39 is 0 Å². The van der Waals surface area contributed by atoms with E-state index in [-0.39, 0.29) is 0 Å². The maximum absolute atomic E-state index is 5.93. The van der Waals surface area contributed by atoms with Crippen LogP contribution in [0.2, 0.25) is 5.02 Å². The van der Waals surface area contributed by atoms with Gasteiger partial charge >= 0.3 is 0 Å². The van der Waals surface area contributed by atoms with Crippen molar-refractivity contribution in [2.24, 2.45) is 0 Å². The van der Waals surface area contributed by atoms with Gasteiger partial charge in [-0.05, 0) is 49.3 Å². The molecule has 0 aliphatic carbocycles. The zero-order valence-corrected chi connectivity index (χ0v) is 10.5. The second-order valence-electron chi connectivity index (χ2n) is 4.02. The van der Waals surface area contributed by atoms with Crippen LogP contribution >= 0.6 is 23.4 Å². The van der Waals surface area contributed by atoms with Gasteiger partial charge in [-0.25, -0.2) is 0 Å². The summed E-state index contributed by atoms with van der Waals surface area (Å²) in [6.45, 7) is 2.10. The van der Waals surface area contributed by atoms with Crippen molar-refractivity contribution in [1.82, 2.24) is 0 Å². The molecule has 1 aromatic carbocycles. The Bertz CT molecular complexity index is 334. The van der Waals surface area contributed by atoms with Gasteiger partial charge in [0.1, 0.15) is 0 Å². The lowest BCUT2D eigenvalue weighted by Crippen LogP contribution is -2.26. The number of benzene rings is 1. The quantitative estimate of drug-likeness (QED) is 0.841. The maximum Gasteiger partial charge on any atom is 0.0410 e. The number of thioether (sulfide) groups is 1. The number of anilines is 1. The van der Waals surface area contributed by atoms with Crippen LogP contribution < -0.4 is 5.32 Å². The fraction of sp³-hybridized carbons (Fsp3) is 0.500. The van der Waals surface area contributed by atoms with Gasteiger partial charge in [0.15, 0.2) is 0 Å². The number of aryl methyl sites for hydroxylation is 1. The minimum atomic E-state index is 0.628. The summed E-state index contributed by atoms with van der Waals surface area (Å²) in [6, 6.07) is 6.67. The molecule has 0 unspecified atom stereocenters. The second kappa shape index (κ2) is 5.13. The first-order valence-electron chi connectivity index (χ1n) is 5.36. The number of rotatable bonds is 2. The highest BCUT2D eigenvalue weighted by Gasteiger charge is 2.13. The molecule has 0 bridgehead atoms.